The van der Waals surface area contributed by atoms with Crippen molar-refractivity contribution < 1.29 is 28.0 Å². The molecule has 1 amide bonds. The van der Waals surface area contributed by atoms with Gasteiger partial charge >= 0.3 is 7.12 Å². The number of para-hydroxylation sites is 1. The van der Waals surface area contributed by atoms with E-state index in [1.807, 2.05) is 31.2 Å². The van der Waals surface area contributed by atoms with E-state index in [1.165, 1.54) is 12.1 Å². The summed E-state index contributed by atoms with van der Waals surface area (Å²) in [6.45, 7) is 5.17. The van der Waals surface area contributed by atoms with Crippen LogP contribution in [0.4, 0.5) is 0 Å². The first-order valence-electron chi connectivity index (χ1n) is 10.6. The molecule has 0 radical (unpaired) electrons. The summed E-state index contributed by atoms with van der Waals surface area (Å²) in [5, 5.41) is 22.3. The van der Waals surface area contributed by atoms with Gasteiger partial charge in [0.05, 0.1) is 24.0 Å². The van der Waals surface area contributed by atoms with E-state index >= 15 is 0 Å². The molecular formula is C22H29BN2O6S. The maximum atomic E-state index is 13.1. The second-order valence-corrected chi connectivity index (χ2v) is 10.2. The number of nitrogens with zero attached hydrogens (tertiary/aromatic N) is 1. The Morgan fingerprint density at radius 1 is 1.19 bits per heavy atom. The van der Waals surface area contributed by atoms with Crippen molar-refractivity contribution in [1.82, 2.24) is 9.62 Å². The molecule has 0 spiro atoms. The van der Waals surface area contributed by atoms with Crippen LogP contribution in [0.25, 0.3) is 0 Å². The number of aryl methyl sites for hydroxylation is 1. The Balaban J connectivity index is 1.71. The summed E-state index contributed by atoms with van der Waals surface area (Å²) in [6, 6.07) is 13.4. The van der Waals surface area contributed by atoms with Crippen LogP contribution < -0.4 is 10.1 Å². The highest BCUT2D eigenvalue weighted by molar-refractivity contribution is 7.89. The molecule has 10 heteroatoms. The van der Waals surface area contributed by atoms with Crippen LogP contribution in [0, 0.1) is 6.92 Å². The zero-order valence-corrected chi connectivity index (χ0v) is 19.2. The van der Waals surface area contributed by atoms with E-state index in [4.69, 9.17) is 4.74 Å². The van der Waals surface area contributed by atoms with Gasteiger partial charge in [0.25, 0.3) is 0 Å². The third-order valence-corrected chi connectivity index (χ3v) is 7.58. The van der Waals surface area contributed by atoms with Gasteiger partial charge in [-0.2, -0.15) is 4.31 Å². The van der Waals surface area contributed by atoms with Crippen molar-refractivity contribution in [2.24, 2.45) is 0 Å². The van der Waals surface area contributed by atoms with E-state index < -0.39 is 41.6 Å². The van der Waals surface area contributed by atoms with E-state index in [2.05, 4.69) is 5.32 Å². The number of carbonyl (C=O) groups is 1. The van der Waals surface area contributed by atoms with Crippen LogP contribution in [0.5, 0.6) is 5.75 Å². The normalized spacial score (nSPS) is 16.5. The van der Waals surface area contributed by atoms with Crippen molar-refractivity contribution in [2.75, 3.05) is 13.2 Å². The van der Waals surface area contributed by atoms with E-state index in [0.29, 0.717) is 6.61 Å². The number of hydrogen-bond acceptors (Lipinski definition) is 6. The second-order valence-electron chi connectivity index (χ2n) is 8.33. The second kappa shape index (κ2) is 10.0. The molecule has 2 aromatic carbocycles. The van der Waals surface area contributed by atoms with Gasteiger partial charge in [0.1, 0.15) is 5.75 Å². The third kappa shape index (κ3) is 5.50. The van der Waals surface area contributed by atoms with Crippen LogP contribution in [0.15, 0.2) is 53.4 Å². The number of fused-ring (bicyclic) bond motifs is 1. The summed E-state index contributed by atoms with van der Waals surface area (Å²) in [7, 11) is -5.70. The van der Waals surface area contributed by atoms with Gasteiger partial charge in [-0.15, -0.1) is 0 Å². The van der Waals surface area contributed by atoms with Crippen LogP contribution in [0.1, 0.15) is 37.3 Å². The van der Waals surface area contributed by atoms with Gasteiger partial charge in [-0.3, -0.25) is 4.79 Å². The molecule has 1 unspecified atom stereocenters. The van der Waals surface area contributed by atoms with Crippen molar-refractivity contribution in [3.63, 3.8) is 0 Å². The number of ether oxygens (including phenoxy) is 1. The number of hydrogen-bond donors (Lipinski definition) is 3. The lowest BCUT2D eigenvalue weighted by Gasteiger charge is -2.27. The molecule has 3 rings (SSSR count). The first kappa shape index (κ1) is 24.3. The standard InChI is InChI=1S/C22H29BN2O6S/c1-15(2)25(32(29,30)18-10-8-16(3)9-11-18)13-22(26)24-21(23(27)28)12-17-14-31-20-7-5-4-6-19(17)20/h4-11,15,17,21,27-28H,12-14H2,1-3H3,(H,24,26)/t17-,21?/m1/s1. The smallest absolute Gasteiger partial charge is 0.475 e. The number of carbonyl (C=O) groups excluding carboxylic acids is 1. The molecule has 1 heterocycles. The number of benzene rings is 2. The Kier molecular flexibility index (Phi) is 7.61. The summed E-state index contributed by atoms with van der Waals surface area (Å²) < 4.78 is 32.9. The molecular weight excluding hydrogens is 431 g/mol. The van der Waals surface area contributed by atoms with Gasteiger partial charge in [-0.1, -0.05) is 35.9 Å². The van der Waals surface area contributed by atoms with Gasteiger partial charge < -0.3 is 20.1 Å². The molecule has 2 atom stereocenters. The van der Waals surface area contributed by atoms with Crippen LogP contribution in [-0.2, 0) is 14.8 Å². The maximum Gasteiger partial charge on any atom is 0.475 e. The minimum atomic E-state index is -3.90. The topological polar surface area (TPSA) is 116 Å². The van der Waals surface area contributed by atoms with Gasteiger partial charge in [0.2, 0.25) is 15.9 Å². The molecule has 0 aromatic heterocycles. The molecule has 0 bridgehead atoms. The van der Waals surface area contributed by atoms with Crippen molar-refractivity contribution >= 4 is 23.0 Å². The SMILES string of the molecule is Cc1ccc(S(=O)(=O)N(CC(=O)NC(C[C@@H]2COc3ccccc32)B(O)O)C(C)C)cc1. The van der Waals surface area contributed by atoms with Gasteiger partial charge in [0, 0.05) is 17.5 Å². The molecule has 1 aliphatic heterocycles. The maximum absolute atomic E-state index is 13.1. The first-order valence-corrected chi connectivity index (χ1v) is 12.0. The number of rotatable bonds is 9. The van der Waals surface area contributed by atoms with Gasteiger partial charge in [-0.05, 0) is 45.4 Å². The zero-order valence-electron chi connectivity index (χ0n) is 18.4. The summed E-state index contributed by atoms with van der Waals surface area (Å²) in [5.41, 5.74) is 1.87. The molecule has 0 aliphatic carbocycles. The molecule has 0 saturated heterocycles. The fraction of sp³-hybridized carbons (Fsp3) is 0.409. The van der Waals surface area contributed by atoms with E-state index in [1.54, 1.807) is 26.0 Å². The Labute approximate surface area is 189 Å². The average Bonchev–Trinajstić information content (AvgIpc) is 3.14. The number of sulfonamides is 1. The van der Waals surface area contributed by atoms with Crippen LogP contribution >= 0.6 is 0 Å². The van der Waals surface area contributed by atoms with Crippen LogP contribution in [0.3, 0.4) is 0 Å². The minimum Gasteiger partial charge on any atom is -0.493 e. The lowest BCUT2D eigenvalue weighted by Crippen LogP contribution is -2.51. The van der Waals surface area contributed by atoms with Crippen LogP contribution in [0.2, 0.25) is 0 Å². The Morgan fingerprint density at radius 2 is 1.84 bits per heavy atom. The quantitative estimate of drug-likeness (QED) is 0.488. The van der Waals surface area contributed by atoms with Crippen molar-refractivity contribution in [2.45, 2.75) is 50.0 Å². The number of nitrogens with one attached hydrogen (secondary N) is 1. The molecule has 32 heavy (non-hydrogen) atoms. The Morgan fingerprint density at radius 3 is 2.47 bits per heavy atom. The lowest BCUT2D eigenvalue weighted by molar-refractivity contribution is -0.122. The average molecular weight is 460 g/mol. The third-order valence-electron chi connectivity index (χ3n) is 5.55. The van der Waals surface area contributed by atoms with E-state index in [-0.39, 0.29) is 17.2 Å². The van der Waals surface area contributed by atoms with Crippen molar-refractivity contribution in [3.8, 4) is 5.75 Å². The molecule has 1 aliphatic rings. The summed E-state index contributed by atoms with van der Waals surface area (Å²) >= 11 is 0. The fourth-order valence-electron chi connectivity index (χ4n) is 3.77. The van der Waals surface area contributed by atoms with E-state index in [9.17, 15) is 23.3 Å². The zero-order chi connectivity index (χ0) is 23.5. The highest BCUT2D eigenvalue weighted by atomic mass is 32.2. The molecule has 8 nitrogen and oxygen atoms in total. The molecule has 172 valence electrons. The van der Waals surface area contributed by atoms with Crippen LogP contribution in [-0.4, -0.2) is 60.9 Å². The highest BCUT2D eigenvalue weighted by Gasteiger charge is 2.35. The van der Waals surface area contributed by atoms with Crippen molar-refractivity contribution in [1.29, 1.82) is 0 Å². The molecule has 3 N–H and O–H groups in total. The molecule has 0 saturated carbocycles. The van der Waals surface area contributed by atoms with E-state index in [0.717, 1.165) is 21.2 Å². The summed E-state index contributed by atoms with van der Waals surface area (Å²) in [6.07, 6.45) is 0.243. The van der Waals surface area contributed by atoms with Gasteiger partial charge in [0.15, 0.2) is 0 Å². The Bertz CT molecular complexity index is 1040. The minimum absolute atomic E-state index is 0.100. The molecule has 0 fully saturated rings. The fourth-order valence-corrected chi connectivity index (χ4v) is 5.36. The summed E-state index contributed by atoms with van der Waals surface area (Å²) in [4.78, 5) is 12.9. The monoisotopic (exact) mass is 460 g/mol. The Hall–Kier alpha value is -2.40. The number of amides is 1. The predicted molar refractivity (Wildman–Crippen MR) is 122 cm³/mol. The summed E-state index contributed by atoms with van der Waals surface area (Å²) in [5.74, 6) is -0.959. The lowest BCUT2D eigenvalue weighted by atomic mass is 9.73. The van der Waals surface area contributed by atoms with Crippen molar-refractivity contribution in [3.05, 3.63) is 59.7 Å². The predicted octanol–water partition coefficient (Wildman–Crippen LogP) is 1.46. The first-order chi connectivity index (χ1) is 15.1. The largest absolute Gasteiger partial charge is 0.493 e. The van der Waals surface area contributed by atoms with Gasteiger partial charge in [-0.25, -0.2) is 8.42 Å². The molecule has 2 aromatic rings. The highest BCUT2D eigenvalue weighted by Crippen LogP contribution is 2.36.